The van der Waals surface area contributed by atoms with Crippen LogP contribution in [0, 0.1) is 6.92 Å². The lowest BCUT2D eigenvalue weighted by atomic mass is 10.1. The number of rotatable bonds is 5. The van der Waals surface area contributed by atoms with Gasteiger partial charge in [-0.15, -0.1) is 0 Å². The van der Waals surface area contributed by atoms with Crippen molar-refractivity contribution in [1.29, 1.82) is 0 Å². The predicted molar refractivity (Wildman–Crippen MR) is 122 cm³/mol. The molecule has 170 valence electrons. The SMILES string of the molecule is Cc1ccccc1S(=O)(=O)Nc1cc(CN2C[C@H](C)N(C(=O)O)CC2C)c2occc2c1. The third-order valence-electron chi connectivity index (χ3n) is 6.00. The molecule has 9 heteroatoms. The second-order valence-corrected chi connectivity index (χ2v) is 10.1. The van der Waals surface area contributed by atoms with Crippen LogP contribution in [-0.4, -0.2) is 54.6 Å². The first-order valence-electron chi connectivity index (χ1n) is 10.5. The van der Waals surface area contributed by atoms with Crippen LogP contribution in [0.1, 0.15) is 25.0 Å². The lowest BCUT2D eigenvalue weighted by molar-refractivity contribution is 0.0398. The maximum Gasteiger partial charge on any atom is 0.407 e. The molecule has 1 aromatic heterocycles. The first-order chi connectivity index (χ1) is 15.2. The van der Waals surface area contributed by atoms with Gasteiger partial charge in [-0.1, -0.05) is 18.2 Å². The molecule has 1 fully saturated rings. The molecule has 2 atom stereocenters. The minimum atomic E-state index is -3.75. The predicted octanol–water partition coefficient (Wildman–Crippen LogP) is 4.11. The van der Waals surface area contributed by atoms with Crippen LogP contribution in [0.25, 0.3) is 11.0 Å². The van der Waals surface area contributed by atoms with Crippen molar-refractivity contribution in [3.05, 3.63) is 59.9 Å². The fourth-order valence-electron chi connectivity index (χ4n) is 4.30. The number of hydrogen-bond acceptors (Lipinski definition) is 5. The maximum atomic E-state index is 13.0. The van der Waals surface area contributed by atoms with E-state index in [1.54, 1.807) is 55.7 Å². The zero-order chi connectivity index (χ0) is 23.0. The van der Waals surface area contributed by atoms with E-state index in [2.05, 4.69) is 9.62 Å². The van der Waals surface area contributed by atoms with Gasteiger partial charge in [0.05, 0.1) is 16.8 Å². The van der Waals surface area contributed by atoms with Gasteiger partial charge in [-0.05, 0) is 50.6 Å². The summed E-state index contributed by atoms with van der Waals surface area (Å²) in [6.07, 6.45) is 0.674. The summed E-state index contributed by atoms with van der Waals surface area (Å²) in [6, 6.07) is 12.1. The molecule has 0 spiro atoms. The first-order valence-corrected chi connectivity index (χ1v) is 12.0. The fourth-order valence-corrected chi connectivity index (χ4v) is 5.59. The summed E-state index contributed by atoms with van der Waals surface area (Å²) >= 11 is 0. The Balaban J connectivity index is 1.63. The molecule has 2 heterocycles. The van der Waals surface area contributed by atoms with E-state index in [0.717, 1.165) is 10.9 Å². The molecule has 1 amide bonds. The zero-order valence-corrected chi connectivity index (χ0v) is 19.1. The maximum absolute atomic E-state index is 13.0. The van der Waals surface area contributed by atoms with Gasteiger partial charge >= 0.3 is 6.09 Å². The molecular formula is C23H27N3O5S. The number of piperazine rings is 1. The molecule has 3 aromatic rings. The number of amides is 1. The highest BCUT2D eigenvalue weighted by Gasteiger charge is 2.32. The summed E-state index contributed by atoms with van der Waals surface area (Å²) in [7, 11) is -3.75. The van der Waals surface area contributed by atoms with Gasteiger partial charge in [0, 0.05) is 42.7 Å². The van der Waals surface area contributed by atoms with Crippen LogP contribution in [0.4, 0.5) is 10.5 Å². The molecule has 32 heavy (non-hydrogen) atoms. The van der Waals surface area contributed by atoms with E-state index in [-0.39, 0.29) is 17.0 Å². The summed E-state index contributed by atoms with van der Waals surface area (Å²) in [5.41, 5.74) is 2.67. The molecule has 0 bridgehead atoms. The third-order valence-corrected chi connectivity index (χ3v) is 7.54. The number of hydrogen-bond donors (Lipinski definition) is 2. The van der Waals surface area contributed by atoms with Crippen LogP contribution in [-0.2, 0) is 16.6 Å². The number of aryl methyl sites for hydroxylation is 1. The van der Waals surface area contributed by atoms with Crippen molar-refractivity contribution >= 4 is 32.8 Å². The van der Waals surface area contributed by atoms with Crippen LogP contribution in [0.2, 0.25) is 0 Å². The Hall–Kier alpha value is -3.04. The molecular weight excluding hydrogens is 430 g/mol. The number of carboxylic acid groups (broad SMARTS) is 1. The zero-order valence-electron chi connectivity index (χ0n) is 18.3. The van der Waals surface area contributed by atoms with Crippen molar-refractivity contribution in [1.82, 2.24) is 9.80 Å². The van der Waals surface area contributed by atoms with E-state index < -0.39 is 16.1 Å². The van der Waals surface area contributed by atoms with Crippen LogP contribution < -0.4 is 4.72 Å². The van der Waals surface area contributed by atoms with Crippen molar-refractivity contribution < 1.29 is 22.7 Å². The second-order valence-electron chi connectivity index (χ2n) is 8.41. The van der Waals surface area contributed by atoms with Crippen molar-refractivity contribution in [3.8, 4) is 0 Å². The van der Waals surface area contributed by atoms with Crippen LogP contribution in [0.5, 0.6) is 0 Å². The Bertz CT molecular complexity index is 1250. The number of nitrogens with zero attached hydrogens (tertiary/aromatic N) is 2. The molecule has 1 saturated heterocycles. The van der Waals surface area contributed by atoms with Gasteiger partial charge in [0.15, 0.2) is 0 Å². The van der Waals surface area contributed by atoms with Crippen molar-refractivity contribution in [2.75, 3.05) is 17.8 Å². The largest absolute Gasteiger partial charge is 0.465 e. The molecule has 8 nitrogen and oxygen atoms in total. The molecule has 0 aliphatic carbocycles. The molecule has 1 aliphatic rings. The molecule has 1 aliphatic heterocycles. The van der Waals surface area contributed by atoms with Crippen molar-refractivity contribution in [2.45, 2.75) is 44.3 Å². The minimum absolute atomic E-state index is 0.0135. The minimum Gasteiger partial charge on any atom is -0.465 e. The summed E-state index contributed by atoms with van der Waals surface area (Å²) in [6.45, 7) is 7.15. The first kappa shape index (κ1) is 22.2. The monoisotopic (exact) mass is 457 g/mol. The van der Waals surface area contributed by atoms with Gasteiger partial charge in [-0.25, -0.2) is 13.2 Å². The van der Waals surface area contributed by atoms with Gasteiger partial charge < -0.3 is 14.4 Å². The number of nitrogens with one attached hydrogen (secondary N) is 1. The highest BCUT2D eigenvalue weighted by atomic mass is 32.2. The summed E-state index contributed by atoms with van der Waals surface area (Å²) in [4.78, 5) is 15.3. The van der Waals surface area contributed by atoms with Gasteiger partial charge in [0.25, 0.3) is 10.0 Å². The number of fused-ring (bicyclic) bond motifs is 1. The Morgan fingerprint density at radius 3 is 2.62 bits per heavy atom. The van der Waals surface area contributed by atoms with E-state index in [1.807, 2.05) is 13.8 Å². The number of benzene rings is 2. The number of anilines is 1. The van der Waals surface area contributed by atoms with E-state index >= 15 is 0 Å². The lowest BCUT2D eigenvalue weighted by Gasteiger charge is -2.42. The Morgan fingerprint density at radius 1 is 1.16 bits per heavy atom. The number of furan rings is 1. The molecule has 4 rings (SSSR count). The average molecular weight is 458 g/mol. The van der Waals surface area contributed by atoms with Crippen LogP contribution in [0.3, 0.4) is 0 Å². The molecule has 0 saturated carbocycles. The molecule has 0 radical (unpaired) electrons. The van der Waals surface area contributed by atoms with Gasteiger partial charge in [0.2, 0.25) is 0 Å². The average Bonchev–Trinajstić information content (AvgIpc) is 3.19. The van der Waals surface area contributed by atoms with E-state index in [4.69, 9.17) is 4.42 Å². The quantitative estimate of drug-likeness (QED) is 0.598. The molecule has 2 aromatic carbocycles. The lowest BCUT2D eigenvalue weighted by Crippen LogP contribution is -2.57. The summed E-state index contributed by atoms with van der Waals surface area (Å²) in [5, 5.41) is 10.2. The van der Waals surface area contributed by atoms with Crippen LogP contribution >= 0.6 is 0 Å². The Kier molecular flexibility index (Phi) is 5.87. The smallest absolute Gasteiger partial charge is 0.407 e. The highest BCUT2D eigenvalue weighted by molar-refractivity contribution is 7.92. The van der Waals surface area contributed by atoms with Gasteiger partial charge in [0.1, 0.15) is 5.58 Å². The molecule has 2 N–H and O–H groups in total. The number of carbonyl (C=O) groups is 1. The van der Waals surface area contributed by atoms with Crippen molar-refractivity contribution in [3.63, 3.8) is 0 Å². The summed E-state index contributed by atoms with van der Waals surface area (Å²) < 4.78 is 34.4. The van der Waals surface area contributed by atoms with E-state index in [9.17, 15) is 18.3 Å². The highest BCUT2D eigenvalue weighted by Crippen LogP contribution is 2.29. The standard InChI is InChI=1S/C23H27N3O5S/c1-15-6-4-5-7-21(15)32(29,30)24-20-10-18-8-9-31-22(18)19(11-20)14-25-12-17(3)26(23(27)28)13-16(25)2/h4-11,16-17,24H,12-14H2,1-3H3,(H,27,28)/t16?,17-/m0/s1. The fraction of sp³-hybridized carbons (Fsp3) is 0.348. The Labute approximate surface area is 187 Å². The normalized spacial score (nSPS) is 19.9. The summed E-state index contributed by atoms with van der Waals surface area (Å²) in [5.74, 6) is 0. The molecule has 1 unspecified atom stereocenters. The van der Waals surface area contributed by atoms with Gasteiger partial charge in [-0.2, -0.15) is 0 Å². The third kappa shape index (κ3) is 4.31. The van der Waals surface area contributed by atoms with E-state index in [0.29, 0.717) is 36.5 Å². The van der Waals surface area contributed by atoms with Gasteiger partial charge in [-0.3, -0.25) is 9.62 Å². The Morgan fingerprint density at radius 2 is 1.91 bits per heavy atom. The van der Waals surface area contributed by atoms with Crippen LogP contribution in [0.15, 0.2) is 58.0 Å². The van der Waals surface area contributed by atoms with Crippen molar-refractivity contribution in [2.24, 2.45) is 0 Å². The second kappa shape index (κ2) is 8.48. The topological polar surface area (TPSA) is 103 Å². The van der Waals surface area contributed by atoms with E-state index in [1.165, 1.54) is 4.90 Å². The number of sulfonamides is 1.